The van der Waals surface area contributed by atoms with Crippen LogP contribution in [0.25, 0.3) is 0 Å². The first-order valence-corrected chi connectivity index (χ1v) is 10.2. The minimum absolute atomic E-state index is 0.122. The number of carbonyl (C=O) groups excluding carboxylic acids is 2. The Labute approximate surface area is 189 Å². The summed E-state index contributed by atoms with van der Waals surface area (Å²) in [5.74, 6) is 0.801. The molecule has 3 nitrogen and oxygen atoms in total. The molecule has 0 aliphatic carbocycles. The summed E-state index contributed by atoms with van der Waals surface area (Å²) in [5, 5.41) is 1.02. The number of hydrogen-bond acceptors (Lipinski definition) is 3. The van der Waals surface area contributed by atoms with Gasteiger partial charge < -0.3 is 4.74 Å². The fourth-order valence-corrected chi connectivity index (χ4v) is 3.48. The van der Waals surface area contributed by atoms with Gasteiger partial charge in [0.2, 0.25) is 0 Å². The fourth-order valence-electron chi connectivity index (χ4n) is 3.10. The molecular formula is C26H16Cl2O3. The predicted octanol–water partition coefficient (Wildman–Crippen LogP) is 7.25. The summed E-state index contributed by atoms with van der Waals surface area (Å²) in [5.41, 5.74) is 2.05. The minimum atomic E-state index is -0.143. The van der Waals surface area contributed by atoms with Gasteiger partial charge >= 0.3 is 0 Å². The maximum absolute atomic E-state index is 12.7. The molecule has 0 saturated heterocycles. The third-order valence-electron chi connectivity index (χ3n) is 4.62. The summed E-state index contributed by atoms with van der Waals surface area (Å²) in [7, 11) is 0. The summed E-state index contributed by atoms with van der Waals surface area (Å²) in [4.78, 5) is 25.3. The summed E-state index contributed by atoms with van der Waals surface area (Å²) >= 11 is 12.0. The van der Waals surface area contributed by atoms with Crippen molar-refractivity contribution < 1.29 is 14.3 Å². The van der Waals surface area contributed by atoms with E-state index in [1.807, 2.05) is 0 Å². The first kappa shape index (κ1) is 20.9. The van der Waals surface area contributed by atoms with Gasteiger partial charge in [-0.15, -0.1) is 0 Å². The molecule has 0 atom stereocenters. The quantitative estimate of drug-likeness (QED) is 0.293. The lowest BCUT2D eigenvalue weighted by Crippen LogP contribution is -2.02. The van der Waals surface area contributed by atoms with Gasteiger partial charge in [-0.25, -0.2) is 0 Å². The number of halogens is 2. The van der Waals surface area contributed by atoms with E-state index in [9.17, 15) is 9.59 Å². The SMILES string of the molecule is O=C(c1ccc(Oc2cccc(C(=O)c3cccc(Cl)c3)c2)cc1)c1cccc(Cl)c1. The van der Waals surface area contributed by atoms with Gasteiger partial charge in [0.1, 0.15) is 11.5 Å². The van der Waals surface area contributed by atoms with Gasteiger partial charge in [-0.3, -0.25) is 9.59 Å². The lowest BCUT2D eigenvalue weighted by atomic mass is 10.0. The van der Waals surface area contributed by atoms with Crippen molar-refractivity contribution in [1.29, 1.82) is 0 Å². The van der Waals surface area contributed by atoms with Crippen LogP contribution in [0.15, 0.2) is 97.1 Å². The van der Waals surface area contributed by atoms with Gasteiger partial charge in [-0.05, 0) is 60.7 Å². The van der Waals surface area contributed by atoms with Gasteiger partial charge in [-0.2, -0.15) is 0 Å². The van der Waals surface area contributed by atoms with Crippen LogP contribution < -0.4 is 4.74 Å². The van der Waals surface area contributed by atoms with Crippen molar-refractivity contribution in [1.82, 2.24) is 0 Å². The van der Waals surface area contributed by atoms with Crippen LogP contribution in [0.3, 0.4) is 0 Å². The van der Waals surface area contributed by atoms with Crippen molar-refractivity contribution in [2.45, 2.75) is 0 Å². The van der Waals surface area contributed by atoms with Crippen molar-refractivity contribution in [2.24, 2.45) is 0 Å². The molecule has 5 heteroatoms. The standard InChI is InChI=1S/C26H16Cl2O3/c27-21-7-1-4-18(14-21)25(29)17-10-12-23(13-11-17)31-24-9-3-6-20(16-24)26(30)19-5-2-8-22(28)15-19/h1-16H. The van der Waals surface area contributed by atoms with Crippen LogP contribution >= 0.6 is 23.2 Å². The van der Waals surface area contributed by atoms with Gasteiger partial charge in [0, 0.05) is 32.3 Å². The molecule has 4 aromatic rings. The molecular weight excluding hydrogens is 431 g/mol. The van der Waals surface area contributed by atoms with E-state index in [-0.39, 0.29) is 11.6 Å². The predicted molar refractivity (Wildman–Crippen MR) is 123 cm³/mol. The van der Waals surface area contributed by atoms with Crippen LogP contribution in [0.5, 0.6) is 11.5 Å². The Kier molecular flexibility index (Phi) is 6.17. The highest BCUT2D eigenvalue weighted by atomic mass is 35.5. The number of benzene rings is 4. The highest BCUT2D eigenvalue weighted by Crippen LogP contribution is 2.25. The van der Waals surface area contributed by atoms with Gasteiger partial charge in [0.05, 0.1) is 0 Å². The summed E-state index contributed by atoms with van der Waals surface area (Å²) in [6.07, 6.45) is 0. The topological polar surface area (TPSA) is 43.4 Å². The van der Waals surface area contributed by atoms with Crippen LogP contribution in [0.4, 0.5) is 0 Å². The van der Waals surface area contributed by atoms with Crippen molar-refractivity contribution in [2.75, 3.05) is 0 Å². The van der Waals surface area contributed by atoms with E-state index in [1.165, 1.54) is 0 Å². The van der Waals surface area contributed by atoms with E-state index in [0.29, 0.717) is 43.8 Å². The lowest BCUT2D eigenvalue weighted by Gasteiger charge is -2.09. The maximum Gasteiger partial charge on any atom is 0.193 e. The fraction of sp³-hybridized carbons (Fsp3) is 0. The summed E-state index contributed by atoms with van der Waals surface area (Å²) < 4.78 is 5.88. The van der Waals surface area contributed by atoms with Gasteiger partial charge in [0.25, 0.3) is 0 Å². The largest absolute Gasteiger partial charge is 0.457 e. The van der Waals surface area contributed by atoms with Crippen LogP contribution in [-0.2, 0) is 0 Å². The second-order valence-electron chi connectivity index (χ2n) is 6.83. The molecule has 0 radical (unpaired) electrons. The van der Waals surface area contributed by atoms with Gasteiger partial charge in [0.15, 0.2) is 11.6 Å². The number of carbonyl (C=O) groups is 2. The first-order valence-electron chi connectivity index (χ1n) is 9.48. The zero-order chi connectivity index (χ0) is 21.8. The minimum Gasteiger partial charge on any atom is -0.457 e. The molecule has 0 spiro atoms. The molecule has 0 N–H and O–H groups in total. The Balaban J connectivity index is 1.50. The van der Waals surface area contributed by atoms with E-state index in [2.05, 4.69) is 0 Å². The van der Waals surface area contributed by atoms with Crippen LogP contribution in [0, 0.1) is 0 Å². The molecule has 0 bridgehead atoms. The van der Waals surface area contributed by atoms with Crippen LogP contribution in [0.1, 0.15) is 31.8 Å². The Bertz CT molecular complexity index is 1260. The van der Waals surface area contributed by atoms with Crippen LogP contribution in [0.2, 0.25) is 10.0 Å². The smallest absolute Gasteiger partial charge is 0.193 e. The average Bonchev–Trinajstić information content (AvgIpc) is 2.79. The highest BCUT2D eigenvalue weighted by Gasteiger charge is 2.12. The Morgan fingerprint density at radius 2 is 1.00 bits per heavy atom. The summed E-state index contributed by atoms with van der Waals surface area (Å²) in [6.45, 7) is 0. The normalized spacial score (nSPS) is 10.5. The molecule has 0 unspecified atom stereocenters. The van der Waals surface area contributed by atoms with Crippen molar-refractivity contribution >= 4 is 34.8 Å². The third-order valence-corrected chi connectivity index (χ3v) is 5.09. The van der Waals surface area contributed by atoms with E-state index in [0.717, 1.165) is 0 Å². The molecule has 0 heterocycles. The highest BCUT2D eigenvalue weighted by molar-refractivity contribution is 6.31. The molecule has 4 aromatic carbocycles. The molecule has 31 heavy (non-hydrogen) atoms. The Morgan fingerprint density at radius 1 is 0.516 bits per heavy atom. The van der Waals surface area contributed by atoms with E-state index in [1.54, 1.807) is 97.1 Å². The number of ketones is 2. The van der Waals surface area contributed by atoms with Crippen molar-refractivity contribution in [3.05, 3.63) is 129 Å². The summed E-state index contributed by atoms with van der Waals surface area (Å²) in [6, 6.07) is 27.4. The zero-order valence-corrected chi connectivity index (χ0v) is 17.7. The molecule has 0 amide bonds. The monoisotopic (exact) mass is 446 g/mol. The van der Waals surface area contributed by atoms with E-state index >= 15 is 0 Å². The molecule has 0 aliphatic rings. The van der Waals surface area contributed by atoms with Crippen molar-refractivity contribution in [3.63, 3.8) is 0 Å². The third kappa shape index (κ3) is 5.02. The second kappa shape index (κ2) is 9.17. The first-order chi connectivity index (χ1) is 15.0. The number of rotatable bonds is 6. The molecule has 152 valence electrons. The lowest BCUT2D eigenvalue weighted by molar-refractivity contribution is 0.103. The average molecular weight is 447 g/mol. The maximum atomic E-state index is 12.7. The molecule has 0 aromatic heterocycles. The Morgan fingerprint density at radius 3 is 1.55 bits per heavy atom. The van der Waals surface area contributed by atoms with E-state index < -0.39 is 0 Å². The molecule has 0 aliphatic heterocycles. The Hall–Kier alpha value is -3.40. The number of ether oxygens (including phenoxy) is 1. The molecule has 4 rings (SSSR count). The van der Waals surface area contributed by atoms with Crippen molar-refractivity contribution in [3.8, 4) is 11.5 Å². The molecule has 0 fully saturated rings. The van der Waals surface area contributed by atoms with Gasteiger partial charge in [-0.1, -0.05) is 59.6 Å². The molecule has 0 saturated carbocycles. The zero-order valence-electron chi connectivity index (χ0n) is 16.2. The second-order valence-corrected chi connectivity index (χ2v) is 7.71. The van der Waals surface area contributed by atoms with Crippen LogP contribution in [-0.4, -0.2) is 11.6 Å². The van der Waals surface area contributed by atoms with E-state index in [4.69, 9.17) is 27.9 Å². The number of hydrogen-bond donors (Lipinski definition) is 0.